The molecule has 1 aromatic heterocycles. The van der Waals surface area contributed by atoms with E-state index in [9.17, 15) is 9.59 Å². The van der Waals surface area contributed by atoms with Crippen LogP contribution in [0.15, 0.2) is 35.3 Å². The van der Waals surface area contributed by atoms with Gasteiger partial charge < -0.3 is 10.1 Å². The third kappa shape index (κ3) is 5.21. The smallest absolute Gasteiger partial charge is 0.305 e. The zero-order valence-corrected chi connectivity index (χ0v) is 15.5. The number of benzene rings is 1. The minimum atomic E-state index is -0.438. The molecule has 25 heavy (non-hydrogen) atoms. The Morgan fingerprint density at radius 3 is 2.64 bits per heavy atom. The Labute approximate surface area is 155 Å². The van der Waals surface area contributed by atoms with Crippen molar-refractivity contribution in [3.63, 3.8) is 0 Å². The second-order valence-corrected chi connectivity index (χ2v) is 6.27. The maximum Gasteiger partial charge on any atom is 0.305 e. The topological polar surface area (TPSA) is 73.2 Å². The van der Waals surface area contributed by atoms with Crippen LogP contribution in [0.25, 0.3) is 5.69 Å². The lowest BCUT2D eigenvalue weighted by atomic mass is 10.2. The molecule has 1 atom stereocenters. The van der Waals surface area contributed by atoms with Crippen LogP contribution >= 0.6 is 23.2 Å². The Bertz CT molecular complexity index is 791. The normalized spacial score (nSPS) is 11.8. The molecule has 0 saturated heterocycles. The first-order valence-corrected chi connectivity index (χ1v) is 8.64. The quantitative estimate of drug-likeness (QED) is 0.738. The maximum absolute atomic E-state index is 12.4. The van der Waals surface area contributed by atoms with Gasteiger partial charge >= 0.3 is 5.97 Å². The van der Waals surface area contributed by atoms with Crippen LogP contribution in [-0.4, -0.2) is 28.4 Å². The number of hydrogen-bond donors (Lipinski definition) is 1. The van der Waals surface area contributed by atoms with Crippen molar-refractivity contribution in [3.8, 4) is 5.69 Å². The van der Waals surface area contributed by atoms with Gasteiger partial charge in [0.25, 0.3) is 5.56 Å². The molecule has 0 aliphatic carbocycles. The molecule has 0 unspecified atom stereocenters. The Kier molecular flexibility index (Phi) is 6.84. The van der Waals surface area contributed by atoms with Crippen LogP contribution < -0.4 is 10.9 Å². The van der Waals surface area contributed by atoms with Gasteiger partial charge in [-0.1, -0.05) is 23.2 Å². The van der Waals surface area contributed by atoms with Crippen molar-refractivity contribution in [2.75, 3.05) is 11.9 Å². The Balaban J connectivity index is 2.10. The lowest BCUT2D eigenvalue weighted by molar-refractivity contribution is -0.143. The van der Waals surface area contributed by atoms with E-state index in [4.69, 9.17) is 27.9 Å². The number of esters is 1. The van der Waals surface area contributed by atoms with Crippen molar-refractivity contribution in [1.82, 2.24) is 9.78 Å². The number of ether oxygens (including phenoxy) is 1. The van der Waals surface area contributed by atoms with Gasteiger partial charge in [-0.15, -0.1) is 0 Å². The number of carbonyl (C=O) groups is 1. The molecule has 0 fully saturated rings. The molecule has 0 aliphatic heterocycles. The summed E-state index contributed by atoms with van der Waals surface area (Å²) in [5, 5.41) is 7.84. The van der Waals surface area contributed by atoms with Crippen molar-refractivity contribution >= 4 is 34.9 Å². The number of carbonyl (C=O) groups excluding carboxylic acids is 1. The molecular formula is C17H19Cl2N3O3. The first-order chi connectivity index (χ1) is 11.9. The summed E-state index contributed by atoms with van der Waals surface area (Å²) in [5.41, 5.74) is 0.554. The highest BCUT2D eigenvalue weighted by atomic mass is 35.5. The summed E-state index contributed by atoms with van der Waals surface area (Å²) < 4.78 is 6.09. The third-order valence-electron chi connectivity index (χ3n) is 3.48. The number of nitrogens with one attached hydrogen (secondary N) is 1. The number of rotatable bonds is 7. The van der Waals surface area contributed by atoms with Crippen LogP contribution in [0.4, 0.5) is 5.69 Å². The molecule has 134 valence electrons. The molecule has 0 spiro atoms. The number of halogens is 2. The molecule has 8 heteroatoms. The largest absolute Gasteiger partial charge is 0.466 e. The van der Waals surface area contributed by atoms with E-state index in [1.807, 2.05) is 6.92 Å². The van der Waals surface area contributed by atoms with Gasteiger partial charge in [0.15, 0.2) is 0 Å². The van der Waals surface area contributed by atoms with Crippen LogP contribution in [0.5, 0.6) is 0 Å². The number of aromatic nitrogens is 2. The summed E-state index contributed by atoms with van der Waals surface area (Å²) in [4.78, 5) is 23.8. The van der Waals surface area contributed by atoms with Gasteiger partial charge in [0.1, 0.15) is 5.02 Å². The molecule has 0 aliphatic rings. The molecular weight excluding hydrogens is 365 g/mol. The Hall–Kier alpha value is -2.05. The van der Waals surface area contributed by atoms with Gasteiger partial charge in [0, 0.05) is 17.5 Å². The fraction of sp³-hybridized carbons (Fsp3) is 0.353. The number of hydrogen-bond acceptors (Lipinski definition) is 5. The summed E-state index contributed by atoms with van der Waals surface area (Å²) in [6.45, 7) is 4.01. The zero-order chi connectivity index (χ0) is 18.4. The lowest BCUT2D eigenvalue weighted by Crippen LogP contribution is -2.25. The number of anilines is 1. The highest BCUT2D eigenvalue weighted by Gasteiger charge is 2.14. The van der Waals surface area contributed by atoms with Crippen molar-refractivity contribution in [2.45, 2.75) is 32.7 Å². The zero-order valence-electron chi connectivity index (χ0n) is 14.0. The predicted octanol–water partition coefficient (Wildman–Crippen LogP) is 3.68. The molecule has 2 rings (SSSR count). The monoisotopic (exact) mass is 383 g/mol. The standard InChI is InChI=1S/C17H19Cl2N3O3/c1-3-25-15(23)9-4-11(2)21-14-10-20-22(17(24)16(14)19)13-7-5-12(18)6-8-13/h5-8,10-11,21H,3-4,9H2,1-2H3/t11-/m1/s1. The molecule has 0 bridgehead atoms. The van der Waals surface area contributed by atoms with E-state index in [0.717, 1.165) is 0 Å². The van der Waals surface area contributed by atoms with Gasteiger partial charge in [-0.05, 0) is 44.5 Å². The summed E-state index contributed by atoms with van der Waals surface area (Å²) in [5.74, 6) is -0.251. The van der Waals surface area contributed by atoms with E-state index >= 15 is 0 Å². The van der Waals surface area contributed by atoms with Crippen LogP contribution in [0.3, 0.4) is 0 Å². The minimum Gasteiger partial charge on any atom is -0.466 e. The van der Waals surface area contributed by atoms with E-state index in [1.54, 1.807) is 31.2 Å². The second-order valence-electron chi connectivity index (χ2n) is 5.45. The molecule has 1 heterocycles. The molecule has 0 amide bonds. The van der Waals surface area contributed by atoms with Crippen LogP contribution in [0, 0.1) is 0 Å². The van der Waals surface area contributed by atoms with Crippen molar-refractivity contribution in [3.05, 3.63) is 50.9 Å². The Morgan fingerprint density at radius 2 is 2.00 bits per heavy atom. The molecule has 1 N–H and O–H groups in total. The summed E-state index contributed by atoms with van der Waals surface area (Å²) in [6, 6.07) is 6.63. The van der Waals surface area contributed by atoms with Crippen LogP contribution in [0.2, 0.25) is 10.0 Å². The third-order valence-corrected chi connectivity index (χ3v) is 4.10. The van der Waals surface area contributed by atoms with E-state index in [2.05, 4.69) is 10.4 Å². The fourth-order valence-electron chi connectivity index (χ4n) is 2.20. The van der Waals surface area contributed by atoms with E-state index in [1.165, 1.54) is 10.9 Å². The van der Waals surface area contributed by atoms with E-state index in [0.29, 0.717) is 29.4 Å². The highest BCUT2D eigenvalue weighted by Crippen LogP contribution is 2.19. The van der Waals surface area contributed by atoms with Crippen LogP contribution in [0.1, 0.15) is 26.7 Å². The first kappa shape index (κ1) is 19.3. The molecule has 0 radical (unpaired) electrons. The van der Waals surface area contributed by atoms with Gasteiger partial charge in [0.05, 0.1) is 24.2 Å². The van der Waals surface area contributed by atoms with Crippen molar-refractivity contribution < 1.29 is 9.53 Å². The second kappa shape index (κ2) is 8.87. The lowest BCUT2D eigenvalue weighted by Gasteiger charge is -2.16. The van der Waals surface area contributed by atoms with Gasteiger partial charge in [-0.3, -0.25) is 9.59 Å². The average molecular weight is 384 g/mol. The van der Waals surface area contributed by atoms with Crippen LogP contribution in [-0.2, 0) is 9.53 Å². The average Bonchev–Trinajstić information content (AvgIpc) is 2.59. The fourth-order valence-corrected chi connectivity index (χ4v) is 2.51. The SMILES string of the molecule is CCOC(=O)CC[C@@H](C)Nc1cnn(-c2ccc(Cl)cc2)c(=O)c1Cl. The minimum absolute atomic E-state index is 0.0351. The van der Waals surface area contributed by atoms with Gasteiger partial charge in [-0.25, -0.2) is 0 Å². The van der Waals surface area contributed by atoms with E-state index < -0.39 is 5.56 Å². The van der Waals surface area contributed by atoms with Gasteiger partial charge in [-0.2, -0.15) is 9.78 Å². The maximum atomic E-state index is 12.4. The van der Waals surface area contributed by atoms with Gasteiger partial charge in [0.2, 0.25) is 0 Å². The summed E-state index contributed by atoms with van der Waals surface area (Å²) in [7, 11) is 0. The highest BCUT2D eigenvalue weighted by molar-refractivity contribution is 6.33. The molecule has 2 aromatic rings. The van der Waals surface area contributed by atoms with Crippen molar-refractivity contribution in [1.29, 1.82) is 0 Å². The molecule has 6 nitrogen and oxygen atoms in total. The summed E-state index contributed by atoms with van der Waals surface area (Å²) in [6.07, 6.45) is 2.32. The first-order valence-electron chi connectivity index (χ1n) is 7.88. The summed E-state index contributed by atoms with van der Waals surface area (Å²) >= 11 is 12.0. The molecule has 1 aromatic carbocycles. The van der Waals surface area contributed by atoms with Crippen molar-refractivity contribution in [2.24, 2.45) is 0 Å². The van der Waals surface area contributed by atoms with E-state index in [-0.39, 0.29) is 23.5 Å². The molecule has 0 saturated carbocycles. The Morgan fingerprint density at radius 1 is 1.32 bits per heavy atom. The predicted molar refractivity (Wildman–Crippen MR) is 98.8 cm³/mol. The number of nitrogens with zero attached hydrogens (tertiary/aromatic N) is 2.